The van der Waals surface area contributed by atoms with Crippen LogP contribution < -0.4 is 10.6 Å². The number of hydrogen-bond acceptors (Lipinski definition) is 3. The molecule has 19 heavy (non-hydrogen) atoms. The van der Waals surface area contributed by atoms with E-state index in [0.29, 0.717) is 5.02 Å². The number of aliphatic hydroxyl groups excluding tert-OH is 1. The first-order valence-electron chi connectivity index (χ1n) is 6.20. The number of thioether (sulfide) groups is 1. The Balaban J connectivity index is 2.07. The number of amides is 2. The van der Waals surface area contributed by atoms with Gasteiger partial charge < -0.3 is 15.7 Å². The number of nitrogens with one attached hydrogen (secondary N) is 2. The number of urea groups is 1. The Kier molecular flexibility index (Phi) is 4.96. The van der Waals surface area contributed by atoms with Crippen molar-refractivity contribution in [2.24, 2.45) is 0 Å². The molecular weight excluding hydrogens is 284 g/mol. The van der Waals surface area contributed by atoms with Crippen LogP contribution in [-0.4, -0.2) is 29.5 Å². The Bertz CT molecular complexity index is 470. The number of aliphatic hydroxyl groups is 1. The first kappa shape index (κ1) is 14.5. The van der Waals surface area contributed by atoms with Crippen molar-refractivity contribution in [2.75, 3.05) is 12.4 Å². The molecule has 0 saturated heterocycles. The molecule has 0 fully saturated rings. The topological polar surface area (TPSA) is 61.4 Å². The lowest BCUT2D eigenvalue weighted by Crippen LogP contribution is -2.44. The first-order valence-corrected chi connectivity index (χ1v) is 7.56. The highest BCUT2D eigenvalue weighted by Crippen LogP contribution is 2.37. The number of hydrogen-bond donors (Lipinski definition) is 3. The third-order valence-electron chi connectivity index (χ3n) is 2.97. The maximum Gasteiger partial charge on any atom is 0.315 e. The molecule has 4 nitrogen and oxygen atoms in total. The summed E-state index contributed by atoms with van der Waals surface area (Å²) in [5, 5.41) is 15.2. The molecule has 2 atom stereocenters. The van der Waals surface area contributed by atoms with E-state index in [-0.39, 0.29) is 24.7 Å². The fraction of sp³-hybridized carbons (Fsp3) is 0.462. The quantitative estimate of drug-likeness (QED) is 0.804. The maximum atomic E-state index is 11.8. The van der Waals surface area contributed by atoms with Crippen molar-refractivity contribution in [3.63, 3.8) is 0 Å². The first-order chi connectivity index (χ1) is 9.10. The highest BCUT2D eigenvalue weighted by atomic mass is 35.5. The number of carbonyl (C=O) groups excluding carboxylic acids is 1. The highest BCUT2D eigenvalue weighted by molar-refractivity contribution is 7.99. The molecule has 0 aromatic heterocycles. The lowest BCUT2D eigenvalue weighted by atomic mass is 10.0. The Morgan fingerprint density at radius 1 is 1.63 bits per heavy atom. The molecule has 0 bridgehead atoms. The van der Waals surface area contributed by atoms with Crippen LogP contribution in [0.1, 0.15) is 24.9 Å². The van der Waals surface area contributed by atoms with Gasteiger partial charge in [0.15, 0.2) is 0 Å². The van der Waals surface area contributed by atoms with E-state index in [2.05, 4.69) is 10.6 Å². The van der Waals surface area contributed by atoms with Crippen LogP contribution in [0.2, 0.25) is 5.02 Å². The van der Waals surface area contributed by atoms with E-state index in [4.69, 9.17) is 16.7 Å². The fourth-order valence-corrected chi connectivity index (χ4v) is 3.27. The van der Waals surface area contributed by atoms with Crippen molar-refractivity contribution in [1.82, 2.24) is 10.6 Å². The summed E-state index contributed by atoms with van der Waals surface area (Å²) >= 11 is 7.79. The zero-order chi connectivity index (χ0) is 13.8. The van der Waals surface area contributed by atoms with E-state index >= 15 is 0 Å². The van der Waals surface area contributed by atoms with E-state index in [0.717, 1.165) is 22.6 Å². The normalized spacial score (nSPS) is 19.4. The number of benzene rings is 1. The van der Waals surface area contributed by atoms with Gasteiger partial charge in [0.2, 0.25) is 0 Å². The zero-order valence-corrected chi connectivity index (χ0v) is 12.2. The highest BCUT2D eigenvalue weighted by Gasteiger charge is 2.22. The van der Waals surface area contributed by atoms with Crippen LogP contribution >= 0.6 is 23.4 Å². The van der Waals surface area contributed by atoms with E-state index in [9.17, 15) is 4.79 Å². The van der Waals surface area contributed by atoms with Gasteiger partial charge in [0, 0.05) is 15.7 Å². The SMILES string of the molecule is C[C@@H](CO)NC(=O)NC1CCSc2ccc(Cl)cc21. The van der Waals surface area contributed by atoms with Crippen LogP contribution in [0.15, 0.2) is 23.1 Å². The average molecular weight is 301 g/mol. The van der Waals surface area contributed by atoms with Gasteiger partial charge in [-0.05, 0) is 37.1 Å². The molecule has 6 heteroatoms. The molecule has 0 radical (unpaired) electrons. The third kappa shape index (κ3) is 3.78. The van der Waals surface area contributed by atoms with Gasteiger partial charge in [-0.1, -0.05) is 11.6 Å². The largest absolute Gasteiger partial charge is 0.394 e. The Hall–Kier alpha value is -0.910. The van der Waals surface area contributed by atoms with E-state index in [1.165, 1.54) is 0 Å². The van der Waals surface area contributed by atoms with Gasteiger partial charge >= 0.3 is 6.03 Å². The monoisotopic (exact) mass is 300 g/mol. The maximum absolute atomic E-state index is 11.8. The fourth-order valence-electron chi connectivity index (χ4n) is 1.98. The van der Waals surface area contributed by atoms with Crippen LogP contribution in [0.5, 0.6) is 0 Å². The summed E-state index contributed by atoms with van der Waals surface area (Å²) in [5.74, 6) is 0.967. The predicted molar refractivity (Wildman–Crippen MR) is 77.7 cm³/mol. The van der Waals surface area contributed by atoms with Crippen molar-refractivity contribution in [3.05, 3.63) is 28.8 Å². The molecule has 0 saturated carbocycles. The van der Waals surface area contributed by atoms with Gasteiger partial charge in [0.25, 0.3) is 0 Å². The number of fused-ring (bicyclic) bond motifs is 1. The van der Waals surface area contributed by atoms with Crippen LogP contribution in [0.25, 0.3) is 0 Å². The smallest absolute Gasteiger partial charge is 0.315 e. The van der Waals surface area contributed by atoms with Gasteiger partial charge in [-0.2, -0.15) is 0 Å². The minimum Gasteiger partial charge on any atom is -0.394 e. The second-order valence-electron chi connectivity index (χ2n) is 4.57. The number of rotatable bonds is 3. The molecule has 0 aliphatic carbocycles. The van der Waals surface area contributed by atoms with Gasteiger partial charge in [0.1, 0.15) is 0 Å². The molecule has 1 aliphatic heterocycles. The summed E-state index contributed by atoms with van der Waals surface area (Å²) in [7, 11) is 0. The standard InChI is InChI=1S/C13H17ClN2O2S/c1-8(7-17)15-13(18)16-11-4-5-19-12-3-2-9(14)6-10(11)12/h2-3,6,8,11,17H,4-5,7H2,1H3,(H2,15,16,18)/t8-,11?/m0/s1. The Morgan fingerprint density at radius 2 is 2.42 bits per heavy atom. The molecule has 1 heterocycles. The summed E-state index contributed by atoms with van der Waals surface area (Å²) in [6, 6.07) is 5.22. The molecule has 0 spiro atoms. The third-order valence-corrected chi connectivity index (χ3v) is 4.33. The molecule has 1 aromatic carbocycles. The van der Waals surface area contributed by atoms with Crippen molar-refractivity contribution >= 4 is 29.4 Å². The minimum atomic E-state index is -0.260. The lowest BCUT2D eigenvalue weighted by molar-refractivity contribution is 0.217. The number of carbonyl (C=O) groups is 1. The summed E-state index contributed by atoms with van der Waals surface area (Å²) < 4.78 is 0. The predicted octanol–water partition coefficient (Wildman–Crippen LogP) is 2.56. The summed E-state index contributed by atoms with van der Waals surface area (Å²) in [6.07, 6.45) is 0.874. The van der Waals surface area contributed by atoms with Gasteiger partial charge in [-0.3, -0.25) is 0 Å². The van der Waals surface area contributed by atoms with Gasteiger partial charge in [-0.15, -0.1) is 11.8 Å². The second-order valence-corrected chi connectivity index (χ2v) is 6.15. The molecule has 2 amide bonds. The average Bonchev–Trinajstić information content (AvgIpc) is 2.39. The van der Waals surface area contributed by atoms with Crippen LogP contribution in [0, 0.1) is 0 Å². The van der Waals surface area contributed by atoms with Gasteiger partial charge in [-0.25, -0.2) is 4.79 Å². The molecule has 1 unspecified atom stereocenters. The lowest BCUT2D eigenvalue weighted by Gasteiger charge is -2.26. The van der Waals surface area contributed by atoms with Crippen molar-refractivity contribution in [3.8, 4) is 0 Å². The second kappa shape index (κ2) is 6.50. The zero-order valence-electron chi connectivity index (χ0n) is 10.6. The van der Waals surface area contributed by atoms with E-state index in [1.807, 2.05) is 18.2 Å². The summed E-state index contributed by atoms with van der Waals surface area (Å²) in [5.41, 5.74) is 1.07. The molecule has 1 aliphatic rings. The van der Waals surface area contributed by atoms with E-state index in [1.54, 1.807) is 18.7 Å². The Labute approximate surface area is 121 Å². The van der Waals surface area contributed by atoms with Crippen LogP contribution in [0.3, 0.4) is 0 Å². The van der Waals surface area contributed by atoms with E-state index < -0.39 is 0 Å². The van der Waals surface area contributed by atoms with Crippen LogP contribution in [-0.2, 0) is 0 Å². The van der Waals surface area contributed by atoms with Gasteiger partial charge in [0.05, 0.1) is 18.7 Å². The summed E-state index contributed by atoms with van der Waals surface area (Å²) in [4.78, 5) is 13.0. The minimum absolute atomic E-state index is 0.0270. The van der Waals surface area contributed by atoms with Crippen LogP contribution in [0.4, 0.5) is 4.79 Å². The van der Waals surface area contributed by atoms with Crippen molar-refractivity contribution in [1.29, 1.82) is 0 Å². The molecule has 104 valence electrons. The molecule has 2 rings (SSSR count). The molecule has 1 aromatic rings. The van der Waals surface area contributed by atoms with Crippen molar-refractivity contribution < 1.29 is 9.90 Å². The Morgan fingerprint density at radius 3 is 3.16 bits per heavy atom. The summed E-state index contributed by atoms with van der Waals surface area (Å²) in [6.45, 7) is 1.68. The number of halogens is 1. The molecule has 3 N–H and O–H groups in total. The van der Waals surface area contributed by atoms with Crippen molar-refractivity contribution in [2.45, 2.75) is 30.3 Å². The molecular formula is C13H17ClN2O2S.